The number of aromatic nitrogens is 2. The van der Waals surface area contributed by atoms with Crippen molar-refractivity contribution in [2.45, 2.75) is 69.8 Å². The van der Waals surface area contributed by atoms with Crippen LogP contribution in [-0.4, -0.2) is 23.3 Å². The topological polar surface area (TPSA) is 74.2 Å². The van der Waals surface area contributed by atoms with E-state index in [2.05, 4.69) is 10.1 Å². The van der Waals surface area contributed by atoms with E-state index >= 15 is 0 Å². The molecule has 0 bridgehead atoms. The fraction of sp³-hybridized carbons (Fsp3) is 0.875. The van der Waals surface area contributed by atoms with E-state index in [0.29, 0.717) is 19.1 Å². The van der Waals surface area contributed by atoms with E-state index in [-0.39, 0.29) is 11.5 Å². The fourth-order valence-corrected chi connectivity index (χ4v) is 3.71. The Bertz CT molecular complexity index is 445. The molecule has 1 unspecified atom stereocenters. The lowest BCUT2D eigenvalue weighted by Gasteiger charge is -2.37. The zero-order valence-corrected chi connectivity index (χ0v) is 13.0. The SMILES string of the molecule is CCOC(c1noc(C2(CN)CCC2)n1)C1CCCCC1. The summed E-state index contributed by atoms with van der Waals surface area (Å²) in [6.45, 7) is 3.31. The molecule has 0 saturated heterocycles. The molecule has 0 radical (unpaired) electrons. The van der Waals surface area contributed by atoms with E-state index in [1.54, 1.807) is 0 Å². The Morgan fingerprint density at radius 3 is 2.62 bits per heavy atom. The minimum Gasteiger partial charge on any atom is -0.370 e. The van der Waals surface area contributed by atoms with Crippen LogP contribution in [0.3, 0.4) is 0 Å². The Labute approximate surface area is 126 Å². The lowest BCUT2D eigenvalue weighted by Crippen LogP contribution is -2.41. The highest BCUT2D eigenvalue weighted by Crippen LogP contribution is 2.43. The van der Waals surface area contributed by atoms with Crippen molar-refractivity contribution in [2.75, 3.05) is 13.2 Å². The quantitative estimate of drug-likeness (QED) is 0.872. The zero-order valence-electron chi connectivity index (χ0n) is 13.0. The third-order valence-corrected chi connectivity index (χ3v) is 5.28. The lowest BCUT2D eigenvalue weighted by molar-refractivity contribution is -0.00145. The molecule has 0 aliphatic heterocycles. The second kappa shape index (κ2) is 6.44. The van der Waals surface area contributed by atoms with Crippen LogP contribution in [0.15, 0.2) is 4.52 Å². The van der Waals surface area contributed by atoms with Gasteiger partial charge in [-0.3, -0.25) is 0 Å². The Morgan fingerprint density at radius 1 is 1.29 bits per heavy atom. The predicted octanol–water partition coefficient (Wildman–Crippen LogP) is 3.11. The average molecular weight is 293 g/mol. The lowest BCUT2D eigenvalue weighted by atomic mass is 9.69. The molecule has 1 heterocycles. The number of nitrogens with two attached hydrogens (primary N) is 1. The van der Waals surface area contributed by atoms with Gasteiger partial charge in [-0.25, -0.2) is 0 Å². The fourth-order valence-electron chi connectivity index (χ4n) is 3.71. The number of hydrogen-bond donors (Lipinski definition) is 1. The minimum atomic E-state index is -0.0609. The zero-order chi connectivity index (χ0) is 14.7. The van der Waals surface area contributed by atoms with Crippen LogP contribution in [0.1, 0.15) is 76.1 Å². The molecule has 1 aromatic rings. The first-order valence-electron chi connectivity index (χ1n) is 8.45. The van der Waals surface area contributed by atoms with Crippen LogP contribution in [0, 0.1) is 5.92 Å². The summed E-state index contributed by atoms with van der Waals surface area (Å²) in [6.07, 6.45) is 9.63. The molecule has 0 spiro atoms. The van der Waals surface area contributed by atoms with Crippen LogP contribution in [0.25, 0.3) is 0 Å². The largest absolute Gasteiger partial charge is 0.370 e. The molecule has 0 amide bonds. The summed E-state index contributed by atoms with van der Waals surface area (Å²) in [5, 5.41) is 4.24. The van der Waals surface area contributed by atoms with Gasteiger partial charge in [-0.2, -0.15) is 4.98 Å². The first-order valence-corrected chi connectivity index (χ1v) is 8.45. The van der Waals surface area contributed by atoms with Crippen LogP contribution in [0.4, 0.5) is 0 Å². The third-order valence-electron chi connectivity index (χ3n) is 5.28. The average Bonchev–Trinajstić information content (AvgIpc) is 2.95. The van der Waals surface area contributed by atoms with Crippen LogP contribution in [0.5, 0.6) is 0 Å². The molecular weight excluding hydrogens is 266 g/mol. The van der Waals surface area contributed by atoms with Crippen LogP contribution in [-0.2, 0) is 10.2 Å². The van der Waals surface area contributed by atoms with Gasteiger partial charge in [0.25, 0.3) is 0 Å². The van der Waals surface area contributed by atoms with Crippen LogP contribution < -0.4 is 5.73 Å². The van der Waals surface area contributed by atoms with E-state index < -0.39 is 0 Å². The van der Waals surface area contributed by atoms with Gasteiger partial charge < -0.3 is 15.0 Å². The van der Waals surface area contributed by atoms with Crippen LogP contribution in [0.2, 0.25) is 0 Å². The van der Waals surface area contributed by atoms with Gasteiger partial charge in [0, 0.05) is 13.2 Å². The van der Waals surface area contributed by atoms with Gasteiger partial charge in [0.1, 0.15) is 6.10 Å². The molecular formula is C16H27N3O2. The molecule has 21 heavy (non-hydrogen) atoms. The highest BCUT2D eigenvalue weighted by atomic mass is 16.5. The van der Waals surface area contributed by atoms with E-state index in [1.165, 1.54) is 38.5 Å². The van der Waals surface area contributed by atoms with E-state index in [1.807, 2.05) is 6.92 Å². The maximum atomic E-state index is 5.96. The van der Waals surface area contributed by atoms with Gasteiger partial charge in [0.2, 0.25) is 11.7 Å². The third kappa shape index (κ3) is 2.86. The maximum Gasteiger partial charge on any atom is 0.234 e. The summed E-state index contributed by atoms with van der Waals surface area (Å²) in [5.41, 5.74) is 5.87. The summed E-state index contributed by atoms with van der Waals surface area (Å²) >= 11 is 0. The molecule has 5 heteroatoms. The van der Waals surface area contributed by atoms with Crippen molar-refractivity contribution >= 4 is 0 Å². The summed E-state index contributed by atoms with van der Waals surface area (Å²) in [7, 11) is 0. The van der Waals surface area contributed by atoms with Gasteiger partial charge in [-0.1, -0.05) is 30.8 Å². The maximum absolute atomic E-state index is 5.96. The van der Waals surface area contributed by atoms with Gasteiger partial charge in [0.15, 0.2) is 0 Å². The van der Waals surface area contributed by atoms with Gasteiger partial charge in [0.05, 0.1) is 5.41 Å². The molecule has 2 N–H and O–H groups in total. The van der Waals surface area contributed by atoms with E-state index in [0.717, 1.165) is 24.6 Å². The summed E-state index contributed by atoms with van der Waals surface area (Å²) < 4.78 is 11.5. The Balaban J connectivity index is 1.78. The molecule has 1 atom stereocenters. The van der Waals surface area contributed by atoms with Gasteiger partial charge in [-0.05, 0) is 38.5 Å². The van der Waals surface area contributed by atoms with Crippen molar-refractivity contribution < 1.29 is 9.26 Å². The van der Waals surface area contributed by atoms with Crippen molar-refractivity contribution in [1.82, 2.24) is 10.1 Å². The highest BCUT2D eigenvalue weighted by molar-refractivity contribution is 5.12. The number of hydrogen-bond acceptors (Lipinski definition) is 5. The molecule has 5 nitrogen and oxygen atoms in total. The first kappa shape index (κ1) is 15.0. The Hall–Kier alpha value is -0.940. The molecule has 0 aromatic carbocycles. The standard InChI is InChI=1S/C16H27N3O2/c1-2-20-13(12-7-4-3-5-8-12)14-18-15(21-19-14)16(11-17)9-6-10-16/h12-13H,2-11,17H2,1H3. The first-order chi connectivity index (χ1) is 10.3. The second-order valence-corrected chi connectivity index (χ2v) is 6.57. The van der Waals surface area contributed by atoms with Gasteiger partial charge >= 0.3 is 0 Å². The molecule has 2 fully saturated rings. The monoisotopic (exact) mass is 293 g/mol. The van der Waals surface area contributed by atoms with Crippen molar-refractivity contribution in [3.8, 4) is 0 Å². The molecule has 118 valence electrons. The van der Waals surface area contributed by atoms with Crippen molar-refractivity contribution in [3.63, 3.8) is 0 Å². The second-order valence-electron chi connectivity index (χ2n) is 6.57. The molecule has 3 rings (SSSR count). The number of rotatable bonds is 6. The van der Waals surface area contributed by atoms with E-state index in [4.69, 9.17) is 15.0 Å². The van der Waals surface area contributed by atoms with Crippen molar-refractivity contribution in [2.24, 2.45) is 11.7 Å². The summed E-state index contributed by atoms with van der Waals surface area (Å²) in [6, 6.07) is 0. The summed E-state index contributed by atoms with van der Waals surface area (Å²) in [4.78, 5) is 4.69. The Morgan fingerprint density at radius 2 is 2.05 bits per heavy atom. The highest BCUT2D eigenvalue weighted by Gasteiger charge is 2.43. The smallest absolute Gasteiger partial charge is 0.234 e. The molecule has 2 saturated carbocycles. The minimum absolute atomic E-state index is 0.0114. The number of ether oxygens (including phenoxy) is 1. The Kier molecular flexibility index (Phi) is 4.60. The van der Waals surface area contributed by atoms with E-state index in [9.17, 15) is 0 Å². The number of nitrogens with zero attached hydrogens (tertiary/aromatic N) is 2. The molecule has 2 aliphatic rings. The van der Waals surface area contributed by atoms with Crippen molar-refractivity contribution in [1.29, 1.82) is 0 Å². The predicted molar refractivity (Wildman–Crippen MR) is 79.8 cm³/mol. The van der Waals surface area contributed by atoms with Crippen molar-refractivity contribution in [3.05, 3.63) is 11.7 Å². The molecule has 2 aliphatic carbocycles. The molecule has 1 aromatic heterocycles. The normalized spacial score (nSPS) is 23.7. The van der Waals surface area contributed by atoms with Crippen LogP contribution >= 0.6 is 0 Å². The summed E-state index contributed by atoms with van der Waals surface area (Å²) in [5.74, 6) is 1.99. The van der Waals surface area contributed by atoms with Gasteiger partial charge in [-0.15, -0.1) is 0 Å².